The lowest BCUT2D eigenvalue weighted by Gasteiger charge is -2.22. The first-order chi connectivity index (χ1) is 9.73. The van der Waals surface area contributed by atoms with Crippen LogP contribution in [-0.4, -0.2) is 28.8 Å². The fourth-order valence-electron chi connectivity index (χ4n) is 1.60. The van der Waals surface area contributed by atoms with Crippen LogP contribution in [0.15, 0.2) is 18.2 Å². The average molecular weight is 296 g/mol. The molecule has 0 amide bonds. The molecule has 0 bridgehead atoms. The molecule has 0 aliphatic rings. The molecule has 6 nitrogen and oxygen atoms in total. The first kappa shape index (κ1) is 17.4. The number of ether oxygens (including phenoxy) is 1. The second-order valence-corrected chi connectivity index (χ2v) is 6.25. The van der Waals surface area contributed by atoms with Gasteiger partial charge in [0, 0.05) is 42.3 Å². The lowest BCUT2D eigenvalue weighted by molar-refractivity contribution is -0.384. The Morgan fingerprint density at radius 3 is 2.62 bits per heavy atom. The maximum Gasteiger partial charge on any atom is 0.270 e. The molecule has 1 rings (SSSR count). The van der Waals surface area contributed by atoms with Crippen LogP contribution in [0.1, 0.15) is 33.3 Å². The van der Waals surface area contributed by atoms with Gasteiger partial charge in [0.15, 0.2) is 0 Å². The third kappa shape index (κ3) is 6.10. The Hall–Kier alpha value is -1.66. The molecule has 0 fully saturated rings. The number of hydrogen-bond donors (Lipinski definition) is 2. The van der Waals surface area contributed by atoms with E-state index in [1.165, 1.54) is 12.1 Å². The number of aliphatic hydroxyl groups excluding tert-OH is 1. The first-order valence-corrected chi connectivity index (χ1v) is 6.99. The van der Waals surface area contributed by atoms with Crippen LogP contribution in [0.25, 0.3) is 0 Å². The molecule has 1 aromatic rings. The third-order valence-electron chi connectivity index (χ3n) is 2.90. The molecule has 0 spiro atoms. The minimum atomic E-state index is -0.416. The molecule has 1 unspecified atom stereocenters. The zero-order chi connectivity index (χ0) is 16.0. The molecule has 0 aliphatic heterocycles. The fraction of sp³-hybridized carbons (Fsp3) is 0.600. The number of rotatable bonds is 7. The number of nitro benzene ring substituents is 1. The Morgan fingerprint density at radius 2 is 2.10 bits per heavy atom. The summed E-state index contributed by atoms with van der Waals surface area (Å²) in [7, 11) is 0. The van der Waals surface area contributed by atoms with Crippen molar-refractivity contribution in [3.8, 4) is 5.75 Å². The number of benzene rings is 1. The number of hydrogen-bond acceptors (Lipinski definition) is 5. The third-order valence-corrected chi connectivity index (χ3v) is 2.90. The number of nitrogens with one attached hydrogen (secondary N) is 1. The zero-order valence-corrected chi connectivity index (χ0v) is 13.0. The van der Waals surface area contributed by atoms with Crippen LogP contribution in [0.2, 0.25) is 0 Å². The molecule has 0 aromatic heterocycles. The highest BCUT2D eigenvalue weighted by Crippen LogP contribution is 2.25. The standard InChI is InChI=1S/C15H24N2O4/c1-11(9-18)10-21-14-6-5-13(17(19)20)7-12(14)8-16-15(2,3)4/h5-7,11,16,18H,8-10H2,1-4H3. The highest BCUT2D eigenvalue weighted by atomic mass is 16.6. The van der Waals surface area contributed by atoms with Crippen LogP contribution in [0.4, 0.5) is 5.69 Å². The van der Waals surface area contributed by atoms with E-state index in [9.17, 15) is 10.1 Å². The molecule has 21 heavy (non-hydrogen) atoms. The highest BCUT2D eigenvalue weighted by Gasteiger charge is 2.15. The van der Waals surface area contributed by atoms with Gasteiger partial charge in [0.2, 0.25) is 0 Å². The maximum absolute atomic E-state index is 10.9. The van der Waals surface area contributed by atoms with Gasteiger partial charge in [-0.1, -0.05) is 6.92 Å². The minimum Gasteiger partial charge on any atom is -0.493 e. The van der Waals surface area contributed by atoms with Gasteiger partial charge in [-0.3, -0.25) is 10.1 Å². The van der Waals surface area contributed by atoms with Crippen LogP contribution in [-0.2, 0) is 6.54 Å². The van der Waals surface area contributed by atoms with Gasteiger partial charge in [0.25, 0.3) is 5.69 Å². The summed E-state index contributed by atoms with van der Waals surface area (Å²) in [5.41, 5.74) is 0.688. The molecule has 6 heteroatoms. The van der Waals surface area contributed by atoms with Gasteiger partial charge in [-0.05, 0) is 26.8 Å². The number of aliphatic hydroxyl groups is 1. The predicted octanol–water partition coefficient (Wildman–Crippen LogP) is 2.49. The van der Waals surface area contributed by atoms with Crippen molar-refractivity contribution in [3.63, 3.8) is 0 Å². The second-order valence-electron chi connectivity index (χ2n) is 6.25. The van der Waals surface area contributed by atoms with Crippen LogP contribution in [0, 0.1) is 16.0 Å². The van der Waals surface area contributed by atoms with Gasteiger partial charge < -0.3 is 15.2 Å². The topological polar surface area (TPSA) is 84.6 Å². The molecule has 0 radical (unpaired) electrons. The Morgan fingerprint density at radius 1 is 1.43 bits per heavy atom. The van der Waals surface area contributed by atoms with E-state index < -0.39 is 4.92 Å². The lowest BCUT2D eigenvalue weighted by atomic mass is 10.1. The van der Waals surface area contributed by atoms with E-state index >= 15 is 0 Å². The van der Waals surface area contributed by atoms with Crippen LogP contribution < -0.4 is 10.1 Å². The molecule has 2 N–H and O–H groups in total. The molecule has 0 aliphatic carbocycles. The lowest BCUT2D eigenvalue weighted by Crippen LogP contribution is -2.35. The zero-order valence-electron chi connectivity index (χ0n) is 13.0. The summed E-state index contributed by atoms with van der Waals surface area (Å²) in [6.07, 6.45) is 0. The van der Waals surface area contributed by atoms with Crippen molar-refractivity contribution in [1.82, 2.24) is 5.32 Å². The molecule has 0 saturated heterocycles. The van der Waals surface area contributed by atoms with E-state index in [0.717, 1.165) is 5.56 Å². The van der Waals surface area contributed by atoms with Crippen LogP contribution >= 0.6 is 0 Å². The summed E-state index contributed by atoms with van der Waals surface area (Å²) < 4.78 is 5.67. The summed E-state index contributed by atoms with van der Waals surface area (Å²) in [5.74, 6) is 0.626. The van der Waals surface area contributed by atoms with Crippen molar-refractivity contribution in [1.29, 1.82) is 0 Å². The van der Waals surface area contributed by atoms with Crippen molar-refractivity contribution in [3.05, 3.63) is 33.9 Å². The first-order valence-electron chi connectivity index (χ1n) is 6.99. The molecule has 0 heterocycles. The summed E-state index contributed by atoms with van der Waals surface area (Å²) in [5, 5.41) is 23.2. The fourth-order valence-corrected chi connectivity index (χ4v) is 1.60. The van der Waals surface area contributed by atoms with E-state index in [2.05, 4.69) is 5.32 Å². The Balaban J connectivity index is 2.91. The number of nitrogens with zero attached hydrogens (tertiary/aromatic N) is 1. The van der Waals surface area contributed by atoms with Gasteiger partial charge in [-0.15, -0.1) is 0 Å². The van der Waals surface area contributed by atoms with Crippen LogP contribution in [0.3, 0.4) is 0 Å². The molecular formula is C15H24N2O4. The van der Waals surface area contributed by atoms with E-state index in [1.807, 2.05) is 27.7 Å². The smallest absolute Gasteiger partial charge is 0.270 e. The molecule has 118 valence electrons. The molecule has 1 aromatic carbocycles. The van der Waals surface area contributed by atoms with E-state index in [-0.39, 0.29) is 23.8 Å². The van der Waals surface area contributed by atoms with E-state index in [1.54, 1.807) is 6.07 Å². The minimum absolute atomic E-state index is 0.0172. The van der Waals surface area contributed by atoms with E-state index in [4.69, 9.17) is 9.84 Å². The van der Waals surface area contributed by atoms with Gasteiger partial charge >= 0.3 is 0 Å². The quantitative estimate of drug-likeness (QED) is 0.596. The largest absolute Gasteiger partial charge is 0.493 e. The van der Waals surface area contributed by atoms with Crippen molar-refractivity contribution in [2.75, 3.05) is 13.2 Å². The SMILES string of the molecule is CC(CO)COc1ccc([N+](=O)[O-])cc1CNC(C)(C)C. The van der Waals surface area contributed by atoms with Crippen molar-refractivity contribution in [2.24, 2.45) is 5.92 Å². The maximum atomic E-state index is 10.9. The Labute approximate surface area is 125 Å². The van der Waals surface area contributed by atoms with Gasteiger partial charge in [-0.2, -0.15) is 0 Å². The molecular weight excluding hydrogens is 272 g/mol. The summed E-state index contributed by atoms with van der Waals surface area (Å²) in [6, 6.07) is 4.57. The molecule has 1 atom stereocenters. The predicted molar refractivity (Wildman–Crippen MR) is 81.4 cm³/mol. The summed E-state index contributed by atoms with van der Waals surface area (Å²) in [6.45, 7) is 8.85. The Kier molecular flexibility index (Phi) is 6.11. The van der Waals surface area contributed by atoms with Crippen LogP contribution in [0.5, 0.6) is 5.75 Å². The van der Waals surface area contributed by atoms with Gasteiger partial charge in [-0.25, -0.2) is 0 Å². The van der Waals surface area contributed by atoms with Crippen molar-refractivity contribution in [2.45, 2.75) is 39.8 Å². The normalized spacial score (nSPS) is 13.0. The average Bonchev–Trinajstić information content (AvgIpc) is 2.41. The molecule has 0 saturated carbocycles. The van der Waals surface area contributed by atoms with Gasteiger partial charge in [0.1, 0.15) is 5.75 Å². The second kappa shape index (κ2) is 7.38. The van der Waals surface area contributed by atoms with E-state index in [0.29, 0.717) is 18.9 Å². The van der Waals surface area contributed by atoms with Gasteiger partial charge in [0.05, 0.1) is 11.5 Å². The highest BCUT2D eigenvalue weighted by molar-refractivity contribution is 5.43. The summed E-state index contributed by atoms with van der Waals surface area (Å²) in [4.78, 5) is 10.5. The monoisotopic (exact) mass is 296 g/mol. The summed E-state index contributed by atoms with van der Waals surface area (Å²) >= 11 is 0. The Bertz CT molecular complexity index is 483. The number of nitro groups is 1. The van der Waals surface area contributed by atoms with Crippen molar-refractivity contribution < 1.29 is 14.8 Å². The number of non-ortho nitro benzene ring substituents is 1. The van der Waals surface area contributed by atoms with Crippen molar-refractivity contribution >= 4 is 5.69 Å².